The van der Waals surface area contributed by atoms with Gasteiger partial charge in [-0.1, -0.05) is 158 Å². The molecule has 0 saturated carbocycles. The first kappa shape index (κ1) is 41.3. The summed E-state index contributed by atoms with van der Waals surface area (Å²) in [5.74, 6) is 0. The van der Waals surface area contributed by atoms with Crippen LogP contribution in [0.25, 0.3) is 33.4 Å². The fourth-order valence-corrected chi connectivity index (χ4v) is 16.0. The molecule has 0 fully saturated rings. The topological polar surface area (TPSA) is 47.1 Å². The second kappa shape index (κ2) is 16.9. The van der Waals surface area contributed by atoms with Crippen LogP contribution in [0.1, 0.15) is 0 Å². The van der Waals surface area contributed by atoms with Crippen LogP contribution in [0.3, 0.4) is 0 Å². The standard InChI is InChI=1S/C60H44N4O2P2/c65-67(61(51-27-11-3-12-28-51)57-35-19-20-36-58(57)62(67)52-29-13-4-14-30-52)55-41-47(45-23-7-1-8-24-45)39-49(43-55)50-40-48(46-25-9-2-10-26-46)42-56(44-50)68(66)63(53-31-15-5-16-32-53)59-37-21-22-38-60(59)64(68)54-33-17-6-18-34-54/h1-44H. The van der Waals surface area contributed by atoms with Crippen LogP contribution in [-0.4, -0.2) is 0 Å². The highest BCUT2D eigenvalue weighted by molar-refractivity contribution is 7.76. The molecule has 12 rings (SSSR count). The van der Waals surface area contributed by atoms with Gasteiger partial charge in [-0.3, -0.25) is 27.8 Å². The van der Waals surface area contributed by atoms with Crippen molar-refractivity contribution < 1.29 is 9.13 Å². The van der Waals surface area contributed by atoms with E-state index in [1.54, 1.807) is 0 Å². The summed E-state index contributed by atoms with van der Waals surface area (Å²) in [6.07, 6.45) is 0. The molecule has 0 N–H and O–H groups in total. The Morgan fingerprint density at radius 3 is 0.676 bits per heavy atom. The molecule has 2 aliphatic rings. The maximum atomic E-state index is 17.2. The van der Waals surface area contributed by atoms with Crippen molar-refractivity contribution in [3.63, 3.8) is 0 Å². The molecule has 0 aliphatic carbocycles. The van der Waals surface area contributed by atoms with E-state index in [9.17, 15) is 0 Å². The molecule has 2 heterocycles. The molecule has 0 aromatic heterocycles. The van der Waals surface area contributed by atoms with Crippen molar-refractivity contribution in [3.8, 4) is 33.4 Å². The Morgan fingerprint density at radius 1 is 0.221 bits per heavy atom. The summed E-state index contributed by atoms with van der Waals surface area (Å²) in [6, 6.07) is 89.8. The number of nitrogens with zero attached hydrogens (tertiary/aromatic N) is 4. The van der Waals surface area contributed by atoms with Gasteiger partial charge in [0.25, 0.3) is 0 Å². The molecule has 0 atom stereocenters. The first-order chi connectivity index (χ1) is 33.5. The quantitative estimate of drug-likeness (QED) is 0.134. The molecule has 0 saturated heterocycles. The van der Waals surface area contributed by atoms with Gasteiger partial charge in [0.05, 0.1) is 33.4 Å². The van der Waals surface area contributed by atoms with Crippen LogP contribution >= 0.6 is 14.9 Å². The van der Waals surface area contributed by atoms with Gasteiger partial charge in [0, 0.05) is 22.7 Å². The van der Waals surface area contributed by atoms with Crippen molar-refractivity contribution in [2.24, 2.45) is 0 Å². The molecule has 6 nitrogen and oxygen atoms in total. The smallest absolute Gasteiger partial charge is 0.270 e. The molecular formula is C60H44N4O2P2. The first-order valence-electron chi connectivity index (χ1n) is 22.7. The molecule has 0 radical (unpaired) electrons. The van der Waals surface area contributed by atoms with Gasteiger partial charge >= 0.3 is 14.9 Å². The zero-order valence-corrected chi connectivity index (χ0v) is 38.7. The number of benzene rings is 10. The van der Waals surface area contributed by atoms with Crippen LogP contribution in [-0.2, 0) is 9.13 Å². The van der Waals surface area contributed by atoms with E-state index in [4.69, 9.17) is 0 Å². The lowest BCUT2D eigenvalue weighted by Gasteiger charge is -2.34. The monoisotopic (exact) mass is 914 g/mol. The first-order valence-corrected chi connectivity index (χ1v) is 26.0. The van der Waals surface area contributed by atoms with Crippen molar-refractivity contribution >= 4 is 71.0 Å². The molecular weight excluding hydrogens is 871 g/mol. The van der Waals surface area contributed by atoms with Crippen LogP contribution in [0.15, 0.2) is 267 Å². The van der Waals surface area contributed by atoms with Crippen LogP contribution in [0.2, 0.25) is 0 Å². The third kappa shape index (κ3) is 6.80. The Hall–Kier alpha value is -8.14. The maximum absolute atomic E-state index is 17.2. The number of rotatable bonds is 9. The Labute approximate surface area is 397 Å². The van der Waals surface area contributed by atoms with Gasteiger partial charge in [-0.25, -0.2) is 0 Å². The zero-order chi connectivity index (χ0) is 45.7. The number of fused-ring (bicyclic) bond motifs is 2. The lowest BCUT2D eigenvalue weighted by Crippen LogP contribution is -2.27. The largest absolute Gasteiger partial charge is 0.301 e. The number of hydrogen-bond donors (Lipinski definition) is 0. The fraction of sp³-hybridized carbons (Fsp3) is 0. The van der Waals surface area contributed by atoms with Crippen molar-refractivity contribution in [1.82, 2.24) is 0 Å². The van der Waals surface area contributed by atoms with E-state index >= 15 is 9.13 Å². The average molecular weight is 915 g/mol. The summed E-state index contributed by atoms with van der Waals surface area (Å²) in [6.45, 7) is 0. The van der Waals surface area contributed by atoms with Crippen molar-refractivity contribution in [1.29, 1.82) is 0 Å². The molecule has 10 aromatic carbocycles. The van der Waals surface area contributed by atoms with Crippen molar-refractivity contribution in [3.05, 3.63) is 267 Å². The average Bonchev–Trinajstić information content (AvgIpc) is 3.85. The van der Waals surface area contributed by atoms with E-state index in [0.717, 1.165) is 78.9 Å². The van der Waals surface area contributed by atoms with E-state index in [1.165, 1.54) is 0 Å². The van der Waals surface area contributed by atoms with Gasteiger partial charge in [-0.05, 0) is 143 Å². The minimum Gasteiger partial charge on any atom is -0.270 e. The number of hydrogen-bond acceptors (Lipinski definition) is 2. The van der Waals surface area contributed by atoms with E-state index in [-0.39, 0.29) is 0 Å². The van der Waals surface area contributed by atoms with Crippen LogP contribution < -0.4 is 29.3 Å². The molecule has 0 bridgehead atoms. The molecule has 8 heteroatoms. The van der Waals surface area contributed by atoms with Gasteiger partial charge in [0.1, 0.15) is 0 Å². The molecule has 0 unspecified atom stereocenters. The summed E-state index contributed by atoms with van der Waals surface area (Å²) in [5, 5.41) is 1.31. The highest BCUT2D eigenvalue weighted by Crippen LogP contribution is 2.71. The van der Waals surface area contributed by atoms with E-state index < -0.39 is 14.9 Å². The lowest BCUT2D eigenvalue weighted by molar-refractivity contribution is 0.581. The fourth-order valence-electron chi connectivity index (χ4n) is 9.82. The highest BCUT2D eigenvalue weighted by Gasteiger charge is 2.51. The maximum Gasteiger partial charge on any atom is 0.301 e. The Balaban J connectivity index is 1.15. The summed E-state index contributed by atoms with van der Waals surface area (Å²) >= 11 is 0. The second-order valence-corrected chi connectivity index (χ2v) is 21.7. The predicted molar refractivity (Wildman–Crippen MR) is 284 cm³/mol. The summed E-state index contributed by atoms with van der Waals surface area (Å²) in [7, 11) is -7.65. The molecule has 0 amide bonds. The summed E-state index contributed by atoms with van der Waals surface area (Å²) in [4.78, 5) is 0. The third-order valence-corrected chi connectivity index (χ3v) is 18.6. The van der Waals surface area contributed by atoms with E-state index in [1.807, 2.05) is 201 Å². The van der Waals surface area contributed by atoms with Gasteiger partial charge < -0.3 is 0 Å². The second-order valence-electron chi connectivity index (χ2n) is 16.9. The Morgan fingerprint density at radius 2 is 0.426 bits per heavy atom. The molecule has 68 heavy (non-hydrogen) atoms. The van der Waals surface area contributed by atoms with E-state index in [0.29, 0.717) is 10.6 Å². The third-order valence-electron chi connectivity index (χ3n) is 12.8. The SMILES string of the molecule is O=P1(c2cc(-c3ccccc3)cc(-c3cc(-c4ccccc4)cc(P4(=O)N(c5ccccc5)c5ccccc5N4c4ccccc4)c3)c2)N(c2ccccc2)c2ccccc2N1c1ccccc1. The lowest BCUT2D eigenvalue weighted by atomic mass is 9.96. The Kier molecular flexibility index (Phi) is 10.3. The molecule has 326 valence electrons. The van der Waals surface area contributed by atoms with Gasteiger partial charge in [0.15, 0.2) is 0 Å². The molecule has 10 aromatic rings. The zero-order valence-electron chi connectivity index (χ0n) is 36.9. The van der Waals surface area contributed by atoms with Gasteiger partial charge in [0.2, 0.25) is 0 Å². The summed E-state index contributed by atoms with van der Waals surface area (Å²) in [5.41, 5.74) is 12.2. The van der Waals surface area contributed by atoms with Crippen LogP contribution in [0.4, 0.5) is 45.5 Å². The molecule has 2 aliphatic heterocycles. The van der Waals surface area contributed by atoms with E-state index in [2.05, 4.69) is 84.9 Å². The van der Waals surface area contributed by atoms with Gasteiger partial charge in [-0.15, -0.1) is 0 Å². The summed E-state index contributed by atoms with van der Waals surface area (Å²) < 4.78 is 42.6. The van der Waals surface area contributed by atoms with Crippen LogP contribution in [0, 0.1) is 0 Å². The normalized spacial score (nSPS) is 14.4. The highest BCUT2D eigenvalue weighted by atomic mass is 31.2. The van der Waals surface area contributed by atoms with Crippen molar-refractivity contribution in [2.75, 3.05) is 18.7 Å². The number of anilines is 8. The minimum absolute atomic E-state index is 0.654. The minimum atomic E-state index is -3.82. The van der Waals surface area contributed by atoms with Gasteiger partial charge in [-0.2, -0.15) is 0 Å². The molecule has 0 spiro atoms. The Bertz CT molecular complexity index is 3170. The van der Waals surface area contributed by atoms with Crippen molar-refractivity contribution in [2.45, 2.75) is 0 Å². The predicted octanol–water partition coefficient (Wildman–Crippen LogP) is 16.3. The number of para-hydroxylation sites is 8. The van der Waals surface area contributed by atoms with Crippen LogP contribution in [0.5, 0.6) is 0 Å².